The summed E-state index contributed by atoms with van der Waals surface area (Å²) in [5, 5.41) is 8.91. The van der Waals surface area contributed by atoms with Gasteiger partial charge in [0.05, 0.1) is 27.8 Å². The summed E-state index contributed by atoms with van der Waals surface area (Å²) in [7, 11) is 1.56. The number of carboxylic acid groups (broad SMARTS) is 1. The molecule has 0 saturated heterocycles. The third kappa shape index (κ3) is 3.29. The summed E-state index contributed by atoms with van der Waals surface area (Å²) in [6, 6.07) is 4.87. The Hall–Kier alpha value is -1.60. The number of rotatable bonds is 4. The molecule has 0 aliphatic carbocycles. The number of aromatic nitrogens is 1. The van der Waals surface area contributed by atoms with Gasteiger partial charge in [0.2, 0.25) is 0 Å². The molecule has 0 bridgehead atoms. The van der Waals surface area contributed by atoms with E-state index in [0.29, 0.717) is 21.7 Å². The Morgan fingerprint density at radius 2 is 1.80 bits per heavy atom. The number of nitrogens with zero attached hydrogens (tertiary/aromatic N) is 1. The molecule has 2 aromatic rings. The van der Waals surface area contributed by atoms with Crippen LogP contribution in [-0.4, -0.2) is 23.2 Å². The quantitative estimate of drug-likeness (QED) is 0.833. The van der Waals surface area contributed by atoms with Gasteiger partial charge < -0.3 is 14.6 Å². The number of halogens is 2. The Kier molecular flexibility index (Phi) is 4.61. The summed E-state index contributed by atoms with van der Waals surface area (Å²) in [5.74, 6) is 0.448. The van der Waals surface area contributed by atoms with Crippen LogP contribution in [0.3, 0.4) is 0 Å². The second-order valence-electron chi connectivity index (χ2n) is 3.73. The molecule has 0 fully saturated rings. The van der Waals surface area contributed by atoms with Crippen LogP contribution in [0.1, 0.15) is 10.4 Å². The number of carboxylic acids is 1. The fourth-order valence-corrected chi connectivity index (χ4v) is 2.35. The van der Waals surface area contributed by atoms with Gasteiger partial charge in [0.1, 0.15) is 17.2 Å². The fraction of sp³-hybridized carbons (Fsp3) is 0.0769. The Balaban J connectivity index is 2.32. The number of hydrogen-bond donors (Lipinski definition) is 1. The van der Waals surface area contributed by atoms with Crippen molar-refractivity contribution < 1.29 is 19.4 Å². The fourth-order valence-electron chi connectivity index (χ4n) is 1.46. The van der Waals surface area contributed by atoms with Crippen LogP contribution < -0.4 is 9.47 Å². The van der Waals surface area contributed by atoms with Crippen molar-refractivity contribution in [3.63, 3.8) is 0 Å². The molecular weight excluding hydrogens is 394 g/mol. The first-order valence-electron chi connectivity index (χ1n) is 5.40. The van der Waals surface area contributed by atoms with E-state index in [2.05, 4.69) is 36.8 Å². The number of pyridine rings is 1. The molecule has 0 radical (unpaired) electrons. The summed E-state index contributed by atoms with van der Waals surface area (Å²) in [5.41, 5.74) is 0.0613. The highest BCUT2D eigenvalue weighted by molar-refractivity contribution is 9.11. The van der Waals surface area contributed by atoms with Gasteiger partial charge in [-0.25, -0.2) is 4.79 Å². The van der Waals surface area contributed by atoms with E-state index in [1.54, 1.807) is 19.2 Å². The molecule has 1 aromatic heterocycles. The number of hydrogen-bond acceptors (Lipinski definition) is 4. The monoisotopic (exact) mass is 401 g/mol. The van der Waals surface area contributed by atoms with Gasteiger partial charge in [0.25, 0.3) is 0 Å². The van der Waals surface area contributed by atoms with Crippen molar-refractivity contribution in [2.24, 2.45) is 0 Å². The maximum Gasteiger partial charge on any atom is 0.337 e. The second kappa shape index (κ2) is 6.23. The molecule has 0 spiro atoms. The highest BCUT2D eigenvalue weighted by atomic mass is 79.9. The largest absolute Gasteiger partial charge is 0.496 e. The smallest absolute Gasteiger partial charge is 0.337 e. The highest BCUT2D eigenvalue weighted by Crippen LogP contribution is 2.38. The summed E-state index contributed by atoms with van der Waals surface area (Å²) >= 11 is 6.72. The molecule has 0 amide bonds. The van der Waals surface area contributed by atoms with Crippen LogP contribution in [0.2, 0.25) is 0 Å². The summed E-state index contributed by atoms with van der Waals surface area (Å²) in [4.78, 5) is 14.7. The zero-order valence-electron chi connectivity index (χ0n) is 10.3. The van der Waals surface area contributed by atoms with Crippen LogP contribution in [0.4, 0.5) is 0 Å². The van der Waals surface area contributed by atoms with Crippen LogP contribution in [0.25, 0.3) is 0 Å². The van der Waals surface area contributed by atoms with E-state index in [-0.39, 0.29) is 5.56 Å². The molecule has 1 heterocycles. The number of aromatic carboxylic acids is 1. The molecular formula is C13H9Br2NO4. The summed E-state index contributed by atoms with van der Waals surface area (Å²) in [6.45, 7) is 0. The SMILES string of the molecule is COc1cc(Br)c(Oc2cncc(C(=O)O)c2)cc1Br. The minimum Gasteiger partial charge on any atom is -0.496 e. The van der Waals surface area contributed by atoms with E-state index in [9.17, 15) is 4.79 Å². The van der Waals surface area contributed by atoms with E-state index in [0.717, 1.165) is 4.47 Å². The van der Waals surface area contributed by atoms with Gasteiger partial charge >= 0.3 is 5.97 Å². The van der Waals surface area contributed by atoms with Gasteiger partial charge in [-0.3, -0.25) is 4.98 Å². The molecule has 2 rings (SSSR count). The van der Waals surface area contributed by atoms with E-state index in [1.807, 2.05) is 0 Å². The van der Waals surface area contributed by atoms with E-state index < -0.39 is 5.97 Å². The topological polar surface area (TPSA) is 68.7 Å². The van der Waals surface area contributed by atoms with Gasteiger partial charge in [-0.1, -0.05) is 0 Å². The van der Waals surface area contributed by atoms with Crippen LogP contribution in [0.15, 0.2) is 39.5 Å². The summed E-state index contributed by atoms with van der Waals surface area (Å²) < 4.78 is 12.2. The Labute approximate surface area is 131 Å². The van der Waals surface area contributed by atoms with Crippen molar-refractivity contribution in [1.29, 1.82) is 0 Å². The third-order valence-electron chi connectivity index (χ3n) is 2.39. The molecule has 1 aromatic carbocycles. The number of carbonyl (C=O) groups is 1. The van der Waals surface area contributed by atoms with Crippen molar-refractivity contribution in [3.05, 3.63) is 45.1 Å². The maximum atomic E-state index is 10.9. The predicted octanol–water partition coefficient (Wildman–Crippen LogP) is 4.11. The third-order valence-corrected chi connectivity index (χ3v) is 3.63. The van der Waals surface area contributed by atoms with Crippen molar-refractivity contribution in [1.82, 2.24) is 4.98 Å². The highest BCUT2D eigenvalue weighted by Gasteiger charge is 2.11. The van der Waals surface area contributed by atoms with E-state index in [1.165, 1.54) is 18.5 Å². The van der Waals surface area contributed by atoms with Gasteiger partial charge in [-0.2, -0.15) is 0 Å². The lowest BCUT2D eigenvalue weighted by Crippen LogP contribution is -1.98. The number of methoxy groups -OCH3 is 1. The van der Waals surface area contributed by atoms with Gasteiger partial charge in [0.15, 0.2) is 0 Å². The van der Waals surface area contributed by atoms with Crippen molar-refractivity contribution >= 4 is 37.8 Å². The lowest BCUT2D eigenvalue weighted by molar-refractivity contribution is 0.0696. The Morgan fingerprint density at radius 1 is 1.15 bits per heavy atom. The first kappa shape index (κ1) is 14.8. The minimum atomic E-state index is -1.06. The average Bonchev–Trinajstić information content (AvgIpc) is 2.42. The van der Waals surface area contributed by atoms with Gasteiger partial charge in [-0.15, -0.1) is 0 Å². The van der Waals surface area contributed by atoms with Gasteiger partial charge in [-0.05, 0) is 50.1 Å². The molecule has 0 saturated carbocycles. The Bertz CT molecular complexity index is 661. The molecule has 0 atom stereocenters. The standard InChI is InChI=1S/C13H9Br2NO4/c1-19-11-3-10(15)12(4-9(11)14)20-8-2-7(13(17)18)5-16-6-8/h2-6H,1H3,(H,17,18). The average molecular weight is 403 g/mol. The molecule has 0 unspecified atom stereocenters. The maximum absolute atomic E-state index is 10.9. The van der Waals surface area contributed by atoms with Crippen molar-refractivity contribution in [2.75, 3.05) is 7.11 Å². The Morgan fingerprint density at radius 3 is 2.45 bits per heavy atom. The molecule has 1 N–H and O–H groups in total. The van der Waals surface area contributed by atoms with E-state index in [4.69, 9.17) is 14.6 Å². The van der Waals surface area contributed by atoms with Crippen LogP contribution >= 0.6 is 31.9 Å². The number of benzene rings is 1. The van der Waals surface area contributed by atoms with E-state index >= 15 is 0 Å². The minimum absolute atomic E-state index is 0.0613. The lowest BCUT2D eigenvalue weighted by Gasteiger charge is -2.11. The number of ether oxygens (including phenoxy) is 2. The van der Waals surface area contributed by atoms with Crippen LogP contribution in [-0.2, 0) is 0 Å². The molecule has 20 heavy (non-hydrogen) atoms. The zero-order valence-corrected chi connectivity index (χ0v) is 13.4. The van der Waals surface area contributed by atoms with Gasteiger partial charge in [0, 0.05) is 6.20 Å². The predicted molar refractivity (Wildman–Crippen MR) is 79.7 cm³/mol. The molecule has 0 aliphatic rings. The first-order chi connectivity index (χ1) is 9.51. The molecule has 104 valence electrons. The first-order valence-corrected chi connectivity index (χ1v) is 6.99. The second-order valence-corrected chi connectivity index (χ2v) is 5.44. The molecule has 0 aliphatic heterocycles. The lowest BCUT2D eigenvalue weighted by atomic mass is 10.3. The van der Waals surface area contributed by atoms with Crippen LogP contribution in [0, 0.1) is 0 Å². The zero-order chi connectivity index (χ0) is 14.7. The molecule has 5 nitrogen and oxygen atoms in total. The molecule has 7 heteroatoms. The normalized spacial score (nSPS) is 10.2. The van der Waals surface area contributed by atoms with Crippen molar-refractivity contribution in [3.8, 4) is 17.2 Å². The van der Waals surface area contributed by atoms with Crippen molar-refractivity contribution in [2.45, 2.75) is 0 Å². The summed E-state index contributed by atoms with van der Waals surface area (Å²) in [6.07, 6.45) is 2.70. The van der Waals surface area contributed by atoms with Crippen LogP contribution in [0.5, 0.6) is 17.2 Å².